The molecule has 0 unspecified atom stereocenters. The molecule has 0 aliphatic carbocycles. The minimum atomic E-state index is 0.881. The molecule has 0 radical (unpaired) electrons. The summed E-state index contributed by atoms with van der Waals surface area (Å²) in [6.45, 7) is 2.18. The lowest BCUT2D eigenvalue weighted by Gasteiger charge is -1.93. The second-order valence-corrected chi connectivity index (χ2v) is 4.95. The number of hydrogen-bond acceptors (Lipinski definition) is 1. The van der Waals surface area contributed by atoms with E-state index in [-0.39, 0.29) is 0 Å². The Bertz CT molecular complexity index is 587. The molecule has 0 aliphatic rings. The molecular formula is C14H15BrN2. The first-order valence-corrected chi connectivity index (χ1v) is 6.63. The maximum absolute atomic E-state index is 4.45. The van der Waals surface area contributed by atoms with Gasteiger partial charge in [-0.25, -0.2) is 0 Å². The fourth-order valence-electron chi connectivity index (χ4n) is 1.73. The molecule has 2 nitrogen and oxygen atoms in total. The minimum absolute atomic E-state index is 0.881. The number of halogens is 1. The van der Waals surface area contributed by atoms with Gasteiger partial charge in [0.25, 0.3) is 0 Å². The minimum Gasteiger partial charge on any atom is -0.267 e. The smallest absolute Gasteiger partial charge is 0.143 e. The molecule has 0 atom stereocenters. The van der Waals surface area contributed by atoms with Gasteiger partial charge in [-0.05, 0) is 30.5 Å². The largest absolute Gasteiger partial charge is 0.267 e. The maximum atomic E-state index is 4.45. The van der Waals surface area contributed by atoms with Gasteiger partial charge < -0.3 is 0 Å². The SMILES string of the molecule is CCCCC#Cc1nn(C)c2cc(Br)ccc12. The Kier molecular flexibility index (Phi) is 3.86. The lowest BCUT2D eigenvalue weighted by atomic mass is 10.2. The van der Waals surface area contributed by atoms with Crippen LogP contribution >= 0.6 is 15.9 Å². The molecule has 3 heteroatoms. The first-order chi connectivity index (χ1) is 8.22. The molecule has 0 aliphatic heterocycles. The molecule has 2 rings (SSSR count). The highest BCUT2D eigenvalue weighted by molar-refractivity contribution is 9.10. The second kappa shape index (κ2) is 5.37. The van der Waals surface area contributed by atoms with Crippen LogP contribution in [0.1, 0.15) is 31.9 Å². The second-order valence-electron chi connectivity index (χ2n) is 4.04. The summed E-state index contributed by atoms with van der Waals surface area (Å²) in [6.07, 6.45) is 3.29. The fourth-order valence-corrected chi connectivity index (χ4v) is 2.08. The van der Waals surface area contributed by atoms with E-state index in [0.717, 1.165) is 33.9 Å². The van der Waals surface area contributed by atoms with Gasteiger partial charge >= 0.3 is 0 Å². The van der Waals surface area contributed by atoms with Crippen molar-refractivity contribution in [3.05, 3.63) is 28.4 Å². The quantitative estimate of drug-likeness (QED) is 0.606. The fraction of sp³-hybridized carbons (Fsp3) is 0.357. The van der Waals surface area contributed by atoms with Crippen molar-refractivity contribution in [1.29, 1.82) is 0 Å². The van der Waals surface area contributed by atoms with Crippen LogP contribution in [0.25, 0.3) is 10.9 Å². The van der Waals surface area contributed by atoms with Crippen molar-refractivity contribution in [1.82, 2.24) is 9.78 Å². The standard InChI is InChI=1S/C14H15BrN2/c1-3-4-5-6-7-13-12-9-8-11(15)10-14(12)17(2)16-13/h8-10H,3-5H2,1-2H3. The van der Waals surface area contributed by atoms with E-state index in [9.17, 15) is 0 Å². The van der Waals surface area contributed by atoms with E-state index in [1.807, 2.05) is 17.8 Å². The lowest BCUT2D eigenvalue weighted by Crippen LogP contribution is -1.89. The molecule has 0 N–H and O–H groups in total. The Morgan fingerprint density at radius 3 is 3.00 bits per heavy atom. The Balaban J connectivity index is 2.37. The third-order valence-corrected chi connectivity index (χ3v) is 3.17. The van der Waals surface area contributed by atoms with E-state index >= 15 is 0 Å². The van der Waals surface area contributed by atoms with Crippen LogP contribution in [-0.2, 0) is 7.05 Å². The van der Waals surface area contributed by atoms with Crippen molar-refractivity contribution >= 4 is 26.8 Å². The zero-order valence-corrected chi connectivity index (χ0v) is 11.7. The topological polar surface area (TPSA) is 17.8 Å². The third kappa shape index (κ3) is 2.70. The van der Waals surface area contributed by atoms with Gasteiger partial charge in [0.05, 0.1) is 5.52 Å². The molecule has 1 aromatic carbocycles. The molecule has 0 saturated carbocycles. The van der Waals surface area contributed by atoms with Crippen molar-refractivity contribution in [3.8, 4) is 11.8 Å². The molecule has 0 spiro atoms. The van der Waals surface area contributed by atoms with Gasteiger partial charge in [0.2, 0.25) is 0 Å². The van der Waals surface area contributed by atoms with Gasteiger partial charge in [0.1, 0.15) is 5.69 Å². The average molecular weight is 291 g/mol. The molecule has 1 aromatic heterocycles. The number of unbranched alkanes of at least 4 members (excludes halogenated alkanes) is 2. The summed E-state index contributed by atoms with van der Waals surface area (Å²) >= 11 is 3.47. The maximum Gasteiger partial charge on any atom is 0.143 e. The Morgan fingerprint density at radius 1 is 1.41 bits per heavy atom. The molecule has 1 heterocycles. The Morgan fingerprint density at radius 2 is 2.24 bits per heavy atom. The van der Waals surface area contributed by atoms with Crippen molar-refractivity contribution in [2.24, 2.45) is 7.05 Å². The Hall–Kier alpha value is -1.27. The van der Waals surface area contributed by atoms with E-state index in [1.54, 1.807) is 0 Å². The summed E-state index contributed by atoms with van der Waals surface area (Å²) in [6, 6.07) is 6.16. The van der Waals surface area contributed by atoms with Gasteiger partial charge in [-0.2, -0.15) is 5.10 Å². The predicted octanol–water partition coefficient (Wildman–Crippen LogP) is 3.88. The molecule has 17 heavy (non-hydrogen) atoms. The van der Waals surface area contributed by atoms with Crippen LogP contribution in [-0.4, -0.2) is 9.78 Å². The average Bonchev–Trinajstić information content (AvgIpc) is 2.62. The number of benzene rings is 1. The summed E-state index contributed by atoms with van der Waals surface area (Å²) in [5.74, 6) is 6.35. The van der Waals surface area contributed by atoms with E-state index in [2.05, 4.69) is 51.9 Å². The highest BCUT2D eigenvalue weighted by atomic mass is 79.9. The third-order valence-electron chi connectivity index (χ3n) is 2.68. The highest BCUT2D eigenvalue weighted by Gasteiger charge is 2.06. The molecule has 2 aromatic rings. The van der Waals surface area contributed by atoms with Gasteiger partial charge in [-0.3, -0.25) is 4.68 Å². The molecule has 0 fully saturated rings. The highest BCUT2D eigenvalue weighted by Crippen LogP contribution is 2.21. The molecule has 0 bridgehead atoms. The predicted molar refractivity (Wildman–Crippen MR) is 74.8 cm³/mol. The van der Waals surface area contributed by atoms with Crippen molar-refractivity contribution in [2.45, 2.75) is 26.2 Å². The van der Waals surface area contributed by atoms with Crippen LogP contribution in [0.3, 0.4) is 0 Å². The van der Waals surface area contributed by atoms with Crippen LogP contribution in [0.5, 0.6) is 0 Å². The van der Waals surface area contributed by atoms with E-state index in [0.29, 0.717) is 0 Å². The van der Waals surface area contributed by atoms with Crippen LogP contribution in [0.4, 0.5) is 0 Å². The summed E-state index contributed by atoms with van der Waals surface area (Å²) in [5, 5.41) is 5.58. The summed E-state index contributed by atoms with van der Waals surface area (Å²) in [4.78, 5) is 0. The summed E-state index contributed by atoms with van der Waals surface area (Å²) in [7, 11) is 1.95. The van der Waals surface area contributed by atoms with Gasteiger partial charge in [0, 0.05) is 23.3 Å². The van der Waals surface area contributed by atoms with Crippen LogP contribution < -0.4 is 0 Å². The Labute approximate surface area is 110 Å². The summed E-state index contributed by atoms with van der Waals surface area (Å²) in [5.41, 5.74) is 1.99. The van der Waals surface area contributed by atoms with Gasteiger partial charge in [-0.1, -0.05) is 35.2 Å². The number of rotatable bonds is 2. The van der Waals surface area contributed by atoms with Gasteiger partial charge in [0.15, 0.2) is 0 Å². The first kappa shape index (κ1) is 12.2. The van der Waals surface area contributed by atoms with Crippen LogP contribution in [0, 0.1) is 11.8 Å². The normalized spacial score (nSPS) is 10.3. The van der Waals surface area contributed by atoms with Crippen molar-refractivity contribution in [2.75, 3.05) is 0 Å². The molecule has 0 amide bonds. The molecular weight excluding hydrogens is 276 g/mol. The number of aromatic nitrogens is 2. The number of nitrogens with zero attached hydrogens (tertiary/aromatic N) is 2. The van der Waals surface area contributed by atoms with Crippen LogP contribution in [0.15, 0.2) is 22.7 Å². The number of hydrogen-bond donors (Lipinski definition) is 0. The van der Waals surface area contributed by atoms with Crippen molar-refractivity contribution < 1.29 is 0 Å². The number of aryl methyl sites for hydroxylation is 1. The lowest BCUT2D eigenvalue weighted by molar-refractivity contribution is 0.791. The zero-order chi connectivity index (χ0) is 12.3. The first-order valence-electron chi connectivity index (χ1n) is 5.83. The zero-order valence-electron chi connectivity index (χ0n) is 10.1. The van der Waals surface area contributed by atoms with E-state index < -0.39 is 0 Å². The summed E-state index contributed by atoms with van der Waals surface area (Å²) < 4.78 is 2.95. The monoisotopic (exact) mass is 290 g/mol. The molecule has 88 valence electrons. The van der Waals surface area contributed by atoms with E-state index in [1.165, 1.54) is 6.42 Å². The van der Waals surface area contributed by atoms with E-state index in [4.69, 9.17) is 0 Å². The molecule has 0 saturated heterocycles. The van der Waals surface area contributed by atoms with Crippen LogP contribution in [0.2, 0.25) is 0 Å². The number of fused-ring (bicyclic) bond motifs is 1. The van der Waals surface area contributed by atoms with Crippen molar-refractivity contribution in [3.63, 3.8) is 0 Å². The van der Waals surface area contributed by atoms with Gasteiger partial charge in [-0.15, -0.1) is 0 Å².